The van der Waals surface area contributed by atoms with Crippen LogP contribution in [0.2, 0.25) is 5.02 Å². The molecule has 2 aromatic heterocycles. The van der Waals surface area contributed by atoms with E-state index in [-0.39, 0.29) is 37.3 Å². The Kier molecular flexibility index (Phi) is 7.80. The van der Waals surface area contributed by atoms with Gasteiger partial charge in [-0.05, 0) is 36.8 Å². The summed E-state index contributed by atoms with van der Waals surface area (Å²) in [5, 5.41) is 27.2. The first-order valence-electron chi connectivity index (χ1n) is 11.4. The van der Waals surface area contributed by atoms with Gasteiger partial charge in [-0.25, -0.2) is 4.98 Å². The molecule has 4 N–H and O–H groups in total. The number of aliphatic carboxylic acids is 1. The van der Waals surface area contributed by atoms with Gasteiger partial charge in [0.15, 0.2) is 5.66 Å². The maximum atomic E-state index is 13.4. The first-order valence-corrected chi connectivity index (χ1v) is 11.8. The van der Waals surface area contributed by atoms with E-state index in [1.165, 1.54) is 0 Å². The SMILES string of the molecule is C#CCN(Cc1cc2c(=O)[nH]c(C)nc2cc1Cl)C(CCC(=O)O)(NC(=O)c1ccccc1)c1nn[nH]n1. The zero-order valence-corrected chi connectivity index (χ0v) is 21.0. The van der Waals surface area contributed by atoms with Crippen LogP contribution < -0.4 is 10.9 Å². The average Bonchev–Trinajstić information content (AvgIpc) is 3.43. The van der Waals surface area contributed by atoms with Crippen molar-refractivity contribution in [1.29, 1.82) is 0 Å². The summed E-state index contributed by atoms with van der Waals surface area (Å²) in [4.78, 5) is 46.2. The van der Waals surface area contributed by atoms with Crippen molar-refractivity contribution in [3.63, 3.8) is 0 Å². The molecule has 0 spiro atoms. The number of carboxylic acids is 1. The summed E-state index contributed by atoms with van der Waals surface area (Å²) in [5.74, 6) is 1.37. The van der Waals surface area contributed by atoms with Crippen LogP contribution in [0.15, 0.2) is 47.3 Å². The van der Waals surface area contributed by atoms with Gasteiger partial charge >= 0.3 is 5.97 Å². The topological polar surface area (TPSA) is 170 Å². The minimum Gasteiger partial charge on any atom is -0.481 e. The third-order valence-electron chi connectivity index (χ3n) is 5.95. The van der Waals surface area contributed by atoms with Crippen LogP contribution in [0, 0.1) is 19.3 Å². The molecule has 0 aliphatic rings. The van der Waals surface area contributed by atoms with E-state index in [9.17, 15) is 19.5 Å². The molecular formula is C25H23ClN8O4. The number of H-pyrrole nitrogens is 2. The second-order valence-corrected chi connectivity index (χ2v) is 8.89. The van der Waals surface area contributed by atoms with E-state index in [1.54, 1.807) is 54.3 Å². The highest BCUT2D eigenvalue weighted by molar-refractivity contribution is 6.32. The maximum absolute atomic E-state index is 13.4. The van der Waals surface area contributed by atoms with Gasteiger partial charge in [0, 0.05) is 30.0 Å². The molecule has 2 heterocycles. The Morgan fingerprint density at radius 1 is 1.26 bits per heavy atom. The zero-order chi connectivity index (χ0) is 27.3. The van der Waals surface area contributed by atoms with Crippen LogP contribution in [0.1, 0.15) is 40.4 Å². The Hall–Kier alpha value is -4.60. The number of carbonyl (C=O) groups is 2. The number of halogens is 1. The fourth-order valence-electron chi connectivity index (χ4n) is 4.17. The van der Waals surface area contributed by atoms with Gasteiger partial charge in [-0.2, -0.15) is 5.21 Å². The molecule has 2 aromatic carbocycles. The van der Waals surface area contributed by atoms with E-state index in [2.05, 4.69) is 41.8 Å². The summed E-state index contributed by atoms with van der Waals surface area (Å²) in [6, 6.07) is 11.5. The third kappa shape index (κ3) is 5.54. The third-order valence-corrected chi connectivity index (χ3v) is 6.30. The van der Waals surface area contributed by atoms with Gasteiger partial charge in [0.05, 0.1) is 17.4 Å². The van der Waals surface area contributed by atoms with Gasteiger partial charge in [-0.1, -0.05) is 40.9 Å². The van der Waals surface area contributed by atoms with Gasteiger partial charge in [-0.15, -0.1) is 16.6 Å². The Bertz CT molecular complexity index is 1570. The Morgan fingerprint density at radius 3 is 2.68 bits per heavy atom. The standard InChI is InChI=1S/C25H23ClN8O4/c1-3-11-34(14-17-12-18-20(13-19(17)26)27-15(2)28-23(18)38)25(10-9-21(35)36,24-30-32-33-31-24)29-22(37)16-7-5-4-6-8-16/h1,4-8,12-13H,9-11,14H2,2H3,(H,29,37)(H,35,36)(H,27,28,38)(H,30,31,32,33). The van der Waals surface area contributed by atoms with E-state index in [1.807, 2.05) is 0 Å². The minimum atomic E-state index is -1.61. The normalized spacial score (nSPS) is 12.7. The molecule has 0 saturated heterocycles. The number of hydrogen-bond acceptors (Lipinski definition) is 8. The Balaban J connectivity index is 1.85. The highest BCUT2D eigenvalue weighted by atomic mass is 35.5. The van der Waals surface area contributed by atoms with Crippen LogP contribution in [0.25, 0.3) is 10.9 Å². The van der Waals surface area contributed by atoms with Crippen LogP contribution in [0.3, 0.4) is 0 Å². The number of amides is 1. The molecule has 12 nitrogen and oxygen atoms in total. The van der Waals surface area contributed by atoms with Crippen molar-refractivity contribution >= 4 is 34.4 Å². The first-order chi connectivity index (χ1) is 18.2. The number of nitrogens with one attached hydrogen (secondary N) is 3. The van der Waals surface area contributed by atoms with Gasteiger partial charge in [0.1, 0.15) is 5.82 Å². The van der Waals surface area contributed by atoms with Crippen LogP contribution in [0.4, 0.5) is 0 Å². The van der Waals surface area contributed by atoms with Crippen molar-refractivity contribution in [2.75, 3.05) is 6.54 Å². The number of rotatable bonds is 10. The Labute approximate surface area is 221 Å². The molecule has 0 bridgehead atoms. The molecule has 1 atom stereocenters. The molecule has 38 heavy (non-hydrogen) atoms. The number of carbonyl (C=O) groups excluding carboxylic acids is 1. The molecule has 1 unspecified atom stereocenters. The van der Waals surface area contributed by atoms with Crippen molar-refractivity contribution < 1.29 is 14.7 Å². The van der Waals surface area contributed by atoms with Crippen molar-refractivity contribution in [2.45, 2.75) is 32.0 Å². The number of terminal acetylenes is 1. The van der Waals surface area contributed by atoms with E-state index < -0.39 is 17.5 Å². The summed E-state index contributed by atoms with van der Waals surface area (Å²) in [6.07, 6.45) is 5.20. The molecule has 4 aromatic rings. The molecule has 4 rings (SSSR count). The molecule has 0 saturated carbocycles. The predicted molar refractivity (Wildman–Crippen MR) is 138 cm³/mol. The maximum Gasteiger partial charge on any atom is 0.303 e. The smallest absolute Gasteiger partial charge is 0.303 e. The number of tetrazole rings is 1. The van der Waals surface area contributed by atoms with Crippen LogP contribution in [-0.2, 0) is 17.0 Å². The average molecular weight is 535 g/mol. The predicted octanol–water partition coefficient (Wildman–Crippen LogP) is 1.98. The fourth-order valence-corrected chi connectivity index (χ4v) is 4.39. The van der Waals surface area contributed by atoms with Crippen LogP contribution in [-0.4, -0.2) is 59.0 Å². The summed E-state index contributed by atoms with van der Waals surface area (Å²) in [6.45, 7) is 1.59. The van der Waals surface area contributed by atoms with E-state index in [4.69, 9.17) is 18.0 Å². The lowest BCUT2D eigenvalue weighted by Crippen LogP contribution is -2.59. The highest BCUT2D eigenvalue weighted by Crippen LogP contribution is 2.32. The molecule has 0 aliphatic carbocycles. The molecule has 0 aliphatic heterocycles. The molecule has 13 heteroatoms. The number of benzene rings is 2. The quantitative estimate of drug-likeness (QED) is 0.175. The van der Waals surface area contributed by atoms with Gasteiger partial charge in [-0.3, -0.25) is 19.3 Å². The summed E-state index contributed by atoms with van der Waals surface area (Å²) in [5.41, 5.74) is -0.727. The lowest BCUT2D eigenvalue weighted by Gasteiger charge is -2.41. The number of nitrogens with zero attached hydrogens (tertiary/aromatic N) is 5. The molecule has 194 valence electrons. The van der Waals surface area contributed by atoms with E-state index in [0.29, 0.717) is 32.9 Å². The molecule has 0 radical (unpaired) electrons. The second kappa shape index (κ2) is 11.2. The Morgan fingerprint density at radius 2 is 2.03 bits per heavy atom. The van der Waals surface area contributed by atoms with Crippen molar-refractivity contribution in [2.24, 2.45) is 0 Å². The summed E-state index contributed by atoms with van der Waals surface area (Å²) >= 11 is 6.59. The largest absolute Gasteiger partial charge is 0.481 e. The van der Waals surface area contributed by atoms with E-state index >= 15 is 0 Å². The number of aromatic amines is 2. The summed E-state index contributed by atoms with van der Waals surface area (Å²) in [7, 11) is 0. The second-order valence-electron chi connectivity index (χ2n) is 8.48. The number of carboxylic acid groups (broad SMARTS) is 1. The monoisotopic (exact) mass is 534 g/mol. The van der Waals surface area contributed by atoms with Crippen molar-refractivity contribution in [3.8, 4) is 12.3 Å². The number of aryl methyl sites for hydroxylation is 1. The highest BCUT2D eigenvalue weighted by Gasteiger charge is 2.44. The number of aromatic nitrogens is 6. The first kappa shape index (κ1) is 26.5. The molecule has 0 fully saturated rings. The minimum absolute atomic E-state index is 0.00445. The molecular weight excluding hydrogens is 512 g/mol. The van der Waals surface area contributed by atoms with Gasteiger partial charge < -0.3 is 15.4 Å². The van der Waals surface area contributed by atoms with Crippen molar-refractivity contribution in [1.82, 2.24) is 40.8 Å². The summed E-state index contributed by atoms with van der Waals surface area (Å²) < 4.78 is 0. The van der Waals surface area contributed by atoms with Gasteiger partial charge in [0.25, 0.3) is 11.5 Å². The van der Waals surface area contributed by atoms with Gasteiger partial charge in [0.2, 0.25) is 5.82 Å². The lowest BCUT2D eigenvalue weighted by atomic mass is 9.97. The van der Waals surface area contributed by atoms with Crippen molar-refractivity contribution in [3.05, 3.63) is 80.6 Å². The van der Waals surface area contributed by atoms with E-state index in [0.717, 1.165) is 0 Å². The number of fused-ring (bicyclic) bond motifs is 1. The number of hydrogen-bond donors (Lipinski definition) is 4. The molecule has 1 amide bonds. The van der Waals surface area contributed by atoms with Crippen LogP contribution >= 0.6 is 11.6 Å². The zero-order valence-electron chi connectivity index (χ0n) is 20.2. The van der Waals surface area contributed by atoms with Crippen LogP contribution in [0.5, 0.6) is 0 Å². The fraction of sp³-hybridized carbons (Fsp3) is 0.240. The lowest BCUT2D eigenvalue weighted by molar-refractivity contribution is -0.138.